The number of aromatic nitrogens is 2. The van der Waals surface area contributed by atoms with Gasteiger partial charge in [-0.1, -0.05) is 12.1 Å². The Hall–Kier alpha value is -1.94. The van der Waals surface area contributed by atoms with Crippen LogP contribution in [0.1, 0.15) is 11.6 Å². The maximum absolute atomic E-state index is 12.4. The molecule has 2 aromatic rings. The normalized spacial score (nSPS) is 18.5. The maximum Gasteiger partial charge on any atom is 0.293 e. The molecule has 1 aromatic heterocycles. The largest absolute Gasteiger partial charge is 0.343 e. The van der Waals surface area contributed by atoms with E-state index in [1.807, 2.05) is 38.4 Å². The summed E-state index contributed by atoms with van der Waals surface area (Å²) in [6, 6.07) is 7.30. The average molecular weight is 453 g/mol. The molecule has 7 nitrogen and oxygen atoms in total. The van der Waals surface area contributed by atoms with Crippen molar-refractivity contribution in [1.82, 2.24) is 19.4 Å². The quantitative estimate of drug-likeness (QED) is 0.715. The maximum atomic E-state index is 12.4. The number of benzene rings is 1. The zero-order chi connectivity index (χ0) is 18.1. The summed E-state index contributed by atoms with van der Waals surface area (Å²) < 4.78 is 2.23. The van der Waals surface area contributed by atoms with E-state index in [0.717, 1.165) is 28.0 Å². The molecule has 1 aromatic carbocycles. The van der Waals surface area contributed by atoms with E-state index in [9.17, 15) is 9.59 Å². The fraction of sp³-hybridized carbons (Fsp3) is 0.353. The predicted molar refractivity (Wildman–Crippen MR) is 105 cm³/mol. The number of carbonyl (C=O) groups is 1. The van der Waals surface area contributed by atoms with Gasteiger partial charge in [-0.2, -0.15) is 0 Å². The number of carbonyl (C=O) groups excluding carboxylic acids is 1. The molecule has 1 N–H and O–H groups in total. The highest BCUT2D eigenvalue weighted by Gasteiger charge is 2.31. The van der Waals surface area contributed by atoms with Gasteiger partial charge < -0.3 is 14.8 Å². The number of nitrogens with one attached hydrogen (secondary N) is 1. The number of hydrogen-bond acceptors (Lipinski definition) is 5. The van der Waals surface area contributed by atoms with Crippen LogP contribution in [0.4, 0.5) is 11.5 Å². The van der Waals surface area contributed by atoms with Crippen LogP contribution in [0.25, 0.3) is 0 Å². The first-order chi connectivity index (χ1) is 11.9. The van der Waals surface area contributed by atoms with Crippen molar-refractivity contribution < 1.29 is 4.79 Å². The summed E-state index contributed by atoms with van der Waals surface area (Å²) in [6.45, 7) is 1.59. The van der Waals surface area contributed by atoms with Crippen LogP contribution in [-0.4, -0.2) is 52.4 Å². The Morgan fingerprint density at radius 2 is 1.80 bits per heavy atom. The molecule has 8 heteroatoms. The standard InChI is InChI=1S/C17H20IN5O2/c1-21-8-9-22(2)16(24)14(21)11-4-6-12(7-5-11)19-15-17(25)23(3)10-13(18)20-15/h4-7,10,14H,8-9H2,1-3H3,(H,19,20). The summed E-state index contributed by atoms with van der Waals surface area (Å²) in [5.74, 6) is 0.385. The van der Waals surface area contributed by atoms with Gasteiger partial charge in [0.15, 0.2) is 5.82 Å². The summed E-state index contributed by atoms with van der Waals surface area (Å²) in [6.07, 6.45) is 1.68. The molecule has 3 rings (SSSR count). The lowest BCUT2D eigenvalue weighted by molar-refractivity contribution is -0.139. The Morgan fingerprint density at radius 1 is 1.12 bits per heavy atom. The molecule has 1 fully saturated rings. The molecule has 1 saturated heterocycles. The van der Waals surface area contributed by atoms with Crippen molar-refractivity contribution in [1.29, 1.82) is 0 Å². The molecule has 0 spiro atoms. The van der Waals surface area contributed by atoms with Gasteiger partial charge in [0.1, 0.15) is 9.74 Å². The van der Waals surface area contributed by atoms with Crippen LogP contribution in [-0.2, 0) is 11.8 Å². The van der Waals surface area contributed by atoms with E-state index < -0.39 is 0 Å². The summed E-state index contributed by atoms with van der Waals surface area (Å²) in [7, 11) is 5.49. The van der Waals surface area contributed by atoms with Crippen molar-refractivity contribution in [3.63, 3.8) is 0 Å². The van der Waals surface area contributed by atoms with E-state index >= 15 is 0 Å². The fourth-order valence-electron chi connectivity index (χ4n) is 2.88. The number of likely N-dealkylation sites (N-methyl/N-ethyl adjacent to an activating group) is 2. The zero-order valence-corrected chi connectivity index (χ0v) is 16.5. The summed E-state index contributed by atoms with van der Waals surface area (Å²) >= 11 is 2.07. The van der Waals surface area contributed by atoms with Crippen LogP contribution >= 0.6 is 22.6 Å². The van der Waals surface area contributed by atoms with Gasteiger partial charge in [-0.15, -0.1) is 0 Å². The molecular weight excluding hydrogens is 433 g/mol. The number of halogens is 1. The van der Waals surface area contributed by atoms with Crippen LogP contribution in [0.5, 0.6) is 0 Å². The zero-order valence-electron chi connectivity index (χ0n) is 14.4. The van der Waals surface area contributed by atoms with E-state index in [1.165, 1.54) is 4.57 Å². The highest BCUT2D eigenvalue weighted by molar-refractivity contribution is 14.1. The Kier molecular flexibility index (Phi) is 5.09. The van der Waals surface area contributed by atoms with E-state index in [1.54, 1.807) is 18.1 Å². The van der Waals surface area contributed by atoms with Crippen LogP contribution in [0, 0.1) is 3.70 Å². The average Bonchev–Trinajstić information content (AvgIpc) is 2.57. The third kappa shape index (κ3) is 3.69. The monoisotopic (exact) mass is 453 g/mol. The van der Waals surface area contributed by atoms with E-state index in [4.69, 9.17) is 0 Å². The van der Waals surface area contributed by atoms with Gasteiger partial charge in [0.25, 0.3) is 5.56 Å². The second-order valence-corrected chi connectivity index (χ2v) is 7.32. The van der Waals surface area contributed by atoms with Gasteiger partial charge in [0.2, 0.25) is 5.91 Å². The number of nitrogens with zero attached hydrogens (tertiary/aromatic N) is 4. The fourth-order valence-corrected chi connectivity index (χ4v) is 3.54. The van der Waals surface area contributed by atoms with Gasteiger partial charge in [0, 0.05) is 39.1 Å². The number of rotatable bonds is 3. The minimum absolute atomic E-state index is 0.0996. The Balaban J connectivity index is 1.83. The van der Waals surface area contributed by atoms with Crippen molar-refractivity contribution in [3.8, 4) is 0 Å². The first-order valence-corrected chi connectivity index (χ1v) is 9.00. The smallest absolute Gasteiger partial charge is 0.293 e. The van der Waals surface area contributed by atoms with Gasteiger partial charge in [0.05, 0.1) is 0 Å². The highest BCUT2D eigenvalue weighted by Crippen LogP contribution is 2.26. The highest BCUT2D eigenvalue weighted by atomic mass is 127. The number of aryl methyl sites for hydroxylation is 1. The van der Waals surface area contributed by atoms with Crippen LogP contribution in [0.2, 0.25) is 0 Å². The molecular formula is C17H20IN5O2. The van der Waals surface area contributed by atoms with Crippen molar-refractivity contribution in [2.45, 2.75) is 6.04 Å². The molecule has 132 valence electrons. The number of hydrogen-bond donors (Lipinski definition) is 1. The molecule has 0 radical (unpaired) electrons. The van der Waals surface area contributed by atoms with Gasteiger partial charge >= 0.3 is 0 Å². The van der Waals surface area contributed by atoms with E-state index in [-0.39, 0.29) is 23.3 Å². The minimum atomic E-state index is -0.267. The van der Waals surface area contributed by atoms with E-state index in [2.05, 4.69) is 37.8 Å². The van der Waals surface area contributed by atoms with Gasteiger partial charge in [-0.05, 0) is 47.3 Å². The lowest BCUT2D eigenvalue weighted by Gasteiger charge is -2.37. The molecule has 0 saturated carbocycles. The third-order valence-electron chi connectivity index (χ3n) is 4.37. The Labute approximate surface area is 159 Å². The van der Waals surface area contributed by atoms with Crippen molar-refractivity contribution >= 4 is 40.0 Å². The lowest BCUT2D eigenvalue weighted by atomic mass is 10.0. The molecule has 1 aliphatic heterocycles. The van der Waals surface area contributed by atoms with Gasteiger partial charge in [-0.25, -0.2) is 4.98 Å². The van der Waals surface area contributed by atoms with Gasteiger partial charge in [-0.3, -0.25) is 14.5 Å². The molecule has 1 amide bonds. The first kappa shape index (κ1) is 17.9. The molecule has 0 bridgehead atoms. The van der Waals surface area contributed by atoms with Crippen LogP contribution in [0.15, 0.2) is 35.3 Å². The Bertz CT molecular complexity index is 849. The number of amides is 1. The lowest BCUT2D eigenvalue weighted by Crippen LogP contribution is -2.48. The molecule has 1 aliphatic rings. The van der Waals surface area contributed by atoms with Crippen molar-refractivity contribution in [2.24, 2.45) is 7.05 Å². The topological polar surface area (TPSA) is 70.5 Å². The second kappa shape index (κ2) is 7.12. The Morgan fingerprint density at radius 3 is 2.48 bits per heavy atom. The minimum Gasteiger partial charge on any atom is -0.343 e. The van der Waals surface area contributed by atoms with Crippen LogP contribution in [0.3, 0.4) is 0 Å². The van der Waals surface area contributed by atoms with Crippen molar-refractivity contribution in [2.75, 3.05) is 32.5 Å². The van der Waals surface area contributed by atoms with Crippen LogP contribution < -0.4 is 10.9 Å². The predicted octanol–water partition coefficient (Wildman–Crippen LogP) is 1.57. The first-order valence-electron chi connectivity index (χ1n) is 7.92. The summed E-state index contributed by atoms with van der Waals surface area (Å²) in [4.78, 5) is 32.7. The number of anilines is 2. The SMILES string of the molecule is CN1CCN(C)C(c2ccc(Nc3nc(I)cn(C)c3=O)cc2)C1=O. The summed E-state index contributed by atoms with van der Waals surface area (Å²) in [5, 5.41) is 3.06. The molecule has 1 atom stereocenters. The molecule has 2 heterocycles. The number of piperazine rings is 1. The summed E-state index contributed by atoms with van der Waals surface area (Å²) in [5.41, 5.74) is 1.51. The second-order valence-electron chi connectivity index (χ2n) is 6.22. The molecule has 1 unspecified atom stereocenters. The van der Waals surface area contributed by atoms with E-state index in [0.29, 0.717) is 0 Å². The molecule has 0 aliphatic carbocycles. The van der Waals surface area contributed by atoms with Crippen molar-refractivity contribution in [3.05, 3.63) is 50.1 Å². The third-order valence-corrected chi connectivity index (χ3v) is 4.89. The molecule has 25 heavy (non-hydrogen) atoms.